The van der Waals surface area contributed by atoms with Crippen molar-refractivity contribution >= 4 is 23.9 Å². The predicted octanol–water partition coefficient (Wildman–Crippen LogP) is 1.39. The fourth-order valence-corrected chi connectivity index (χ4v) is 4.71. The van der Waals surface area contributed by atoms with E-state index in [4.69, 9.17) is 28.4 Å². The van der Waals surface area contributed by atoms with Gasteiger partial charge in [-0.05, 0) is 0 Å². The fraction of sp³-hybridized carbons (Fsp3) is 0.333. The summed E-state index contributed by atoms with van der Waals surface area (Å²) >= 11 is -0.166. The second kappa shape index (κ2) is 8.74. The first-order valence-corrected chi connectivity index (χ1v) is 9.10. The van der Waals surface area contributed by atoms with Crippen LogP contribution in [0.5, 0.6) is 34.5 Å². The van der Waals surface area contributed by atoms with Crippen LogP contribution >= 0.6 is 0 Å². The number of ether oxygens (including phenoxy) is 6. The second-order valence-electron chi connectivity index (χ2n) is 4.82. The Kier molecular flexibility index (Phi) is 6.67. The van der Waals surface area contributed by atoms with E-state index in [0.717, 1.165) is 8.92 Å². The van der Waals surface area contributed by atoms with Gasteiger partial charge >= 0.3 is 154 Å². The Morgan fingerprint density at radius 2 is 0.920 bits per heavy atom. The van der Waals surface area contributed by atoms with Gasteiger partial charge in [0.1, 0.15) is 0 Å². The molecule has 0 aliphatic carbocycles. The van der Waals surface area contributed by atoms with Crippen molar-refractivity contribution in [1.29, 1.82) is 0 Å². The van der Waals surface area contributed by atoms with Gasteiger partial charge in [0.25, 0.3) is 0 Å². The first kappa shape index (κ1) is 19.1. The van der Waals surface area contributed by atoms with Gasteiger partial charge < -0.3 is 0 Å². The van der Waals surface area contributed by atoms with E-state index in [9.17, 15) is 0 Å². The number of rotatable bonds is 8. The number of methoxy groups -OCH3 is 6. The molecule has 2 aromatic rings. The van der Waals surface area contributed by atoms with E-state index in [0.29, 0.717) is 34.5 Å². The molecule has 0 saturated heterocycles. The van der Waals surface area contributed by atoms with Crippen LogP contribution in [-0.4, -0.2) is 57.6 Å². The van der Waals surface area contributed by atoms with E-state index in [-0.39, 0.29) is 15.0 Å². The van der Waals surface area contributed by atoms with Crippen molar-refractivity contribution in [3.05, 3.63) is 24.3 Å². The van der Waals surface area contributed by atoms with Gasteiger partial charge in [0.05, 0.1) is 0 Å². The molecule has 0 fully saturated rings. The van der Waals surface area contributed by atoms with Crippen molar-refractivity contribution < 1.29 is 28.4 Å². The Balaban J connectivity index is 2.59. The summed E-state index contributed by atoms with van der Waals surface area (Å²) in [7, 11) is 9.67. The molecule has 0 radical (unpaired) electrons. The SMILES string of the molecule is COc1cc(OC)c(OC)c([Se]c2cc(OC)cc(OC)c2OC)c1. The fourth-order valence-electron chi connectivity index (χ4n) is 2.32. The molecule has 0 aliphatic rings. The predicted molar refractivity (Wildman–Crippen MR) is 97.2 cm³/mol. The molecule has 6 nitrogen and oxygen atoms in total. The van der Waals surface area contributed by atoms with Crippen molar-refractivity contribution in [2.24, 2.45) is 0 Å². The molecule has 136 valence electrons. The summed E-state index contributed by atoms with van der Waals surface area (Å²) in [6.07, 6.45) is 0. The van der Waals surface area contributed by atoms with Crippen molar-refractivity contribution in [3.63, 3.8) is 0 Å². The van der Waals surface area contributed by atoms with Gasteiger partial charge in [-0.2, -0.15) is 0 Å². The maximum absolute atomic E-state index is 5.56. The molecule has 7 heteroatoms. The molecule has 0 aromatic heterocycles. The van der Waals surface area contributed by atoms with Crippen LogP contribution < -0.4 is 37.3 Å². The van der Waals surface area contributed by atoms with E-state index in [1.807, 2.05) is 12.1 Å². The molecule has 2 aromatic carbocycles. The van der Waals surface area contributed by atoms with Crippen LogP contribution in [0.2, 0.25) is 0 Å². The van der Waals surface area contributed by atoms with Crippen LogP contribution in [0.1, 0.15) is 0 Å². The van der Waals surface area contributed by atoms with Crippen LogP contribution in [0.15, 0.2) is 24.3 Å². The van der Waals surface area contributed by atoms with Crippen molar-refractivity contribution in [3.8, 4) is 34.5 Å². The van der Waals surface area contributed by atoms with Gasteiger partial charge in [-0.15, -0.1) is 0 Å². The molecule has 0 aliphatic heterocycles. The van der Waals surface area contributed by atoms with Crippen molar-refractivity contribution in [1.82, 2.24) is 0 Å². The number of hydrogen-bond acceptors (Lipinski definition) is 6. The number of benzene rings is 2. The molecule has 0 bridgehead atoms. The normalized spacial score (nSPS) is 10.2. The average Bonchev–Trinajstić information content (AvgIpc) is 2.66. The minimum atomic E-state index is -0.166. The average molecular weight is 413 g/mol. The molecule has 0 heterocycles. The summed E-state index contributed by atoms with van der Waals surface area (Å²) in [5, 5.41) is 0. The number of hydrogen-bond donors (Lipinski definition) is 0. The quantitative estimate of drug-likeness (QED) is 0.610. The van der Waals surface area contributed by atoms with Crippen LogP contribution in [0.4, 0.5) is 0 Å². The first-order chi connectivity index (χ1) is 12.1. The standard InChI is InChI=1S/C18H22O6Se/c1-19-11-7-13(21-3)17(23-5)15(9-11)25-16-10-12(20-2)8-14(22-4)18(16)24-6/h7-10H,1-6H3. The summed E-state index contributed by atoms with van der Waals surface area (Å²) in [5.74, 6) is 3.98. The zero-order chi connectivity index (χ0) is 18.4. The van der Waals surface area contributed by atoms with Gasteiger partial charge in [0, 0.05) is 0 Å². The second-order valence-corrected chi connectivity index (χ2v) is 7.10. The van der Waals surface area contributed by atoms with Gasteiger partial charge in [-0.25, -0.2) is 0 Å². The van der Waals surface area contributed by atoms with E-state index >= 15 is 0 Å². The molecular weight excluding hydrogens is 391 g/mol. The van der Waals surface area contributed by atoms with E-state index in [2.05, 4.69) is 0 Å². The Morgan fingerprint density at radius 1 is 0.520 bits per heavy atom. The van der Waals surface area contributed by atoms with Crippen LogP contribution in [-0.2, 0) is 0 Å². The molecular formula is C18H22O6Se. The Morgan fingerprint density at radius 3 is 1.20 bits per heavy atom. The molecule has 2 rings (SSSR count). The molecule has 0 unspecified atom stereocenters. The third kappa shape index (κ3) is 4.06. The summed E-state index contributed by atoms with van der Waals surface area (Å²) in [6, 6.07) is 7.46. The Labute approximate surface area is 154 Å². The van der Waals surface area contributed by atoms with Gasteiger partial charge in [0.2, 0.25) is 0 Å². The molecule has 0 saturated carbocycles. The minimum absolute atomic E-state index is 0.166. The summed E-state index contributed by atoms with van der Waals surface area (Å²) in [5.41, 5.74) is 0. The monoisotopic (exact) mass is 414 g/mol. The van der Waals surface area contributed by atoms with Crippen molar-refractivity contribution in [2.75, 3.05) is 42.7 Å². The maximum atomic E-state index is 5.56. The molecule has 25 heavy (non-hydrogen) atoms. The Bertz CT molecular complexity index is 670. The summed E-state index contributed by atoms with van der Waals surface area (Å²) in [6.45, 7) is 0. The third-order valence-corrected chi connectivity index (χ3v) is 5.72. The Hall–Kier alpha value is -2.24. The zero-order valence-corrected chi connectivity index (χ0v) is 16.9. The first-order valence-electron chi connectivity index (χ1n) is 7.39. The molecule has 0 amide bonds. The van der Waals surface area contributed by atoms with E-state index in [1.54, 1.807) is 54.8 Å². The third-order valence-electron chi connectivity index (χ3n) is 3.53. The van der Waals surface area contributed by atoms with Crippen LogP contribution in [0.3, 0.4) is 0 Å². The van der Waals surface area contributed by atoms with Gasteiger partial charge in [-0.3, -0.25) is 0 Å². The van der Waals surface area contributed by atoms with Gasteiger partial charge in [0.15, 0.2) is 0 Å². The summed E-state index contributed by atoms with van der Waals surface area (Å²) < 4.78 is 34.6. The topological polar surface area (TPSA) is 55.4 Å². The molecule has 0 N–H and O–H groups in total. The summed E-state index contributed by atoms with van der Waals surface area (Å²) in [4.78, 5) is 0. The van der Waals surface area contributed by atoms with Crippen LogP contribution in [0.25, 0.3) is 0 Å². The van der Waals surface area contributed by atoms with E-state index < -0.39 is 0 Å². The van der Waals surface area contributed by atoms with E-state index in [1.165, 1.54) is 0 Å². The van der Waals surface area contributed by atoms with Crippen LogP contribution in [0, 0.1) is 0 Å². The van der Waals surface area contributed by atoms with Crippen molar-refractivity contribution in [2.45, 2.75) is 0 Å². The zero-order valence-electron chi connectivity index (χ0n) is 15.2. The molecule has 0 spiro atoms. The van der Waals surface area contributed by atoms with Gasteiger partial charge in [-0.1, -0.05) is 0 Å². The molecule has 0 atom stereocenters.